The van der Waals surface area contributed by atoms with Crippen LogP contribution in [-0.4, -0.2) is 37.8 Å². The average molecular weight is 427 g/mol. The first kappa shape index (κ1) is 21.0. The van der Waals surface area contributed by atoms with Gasteiger partial charge in [-0.15, -0.1) is 0 Å². The largest absolute Gasteiger partial charge is 0.497 e. The third-order valence-corrected chi connectivity index (χ3v) is 7.78. The van der Waals surface area contributed by atoms with Crippen LogP contribution in [0.15, 0.2) is 53.6 Å². The summed E-state index contributed by atoms with van der Waals surface area (Å²) in [6.07, 6.45) is 1.60. The Morgan fingerprint density at radius 2 is 1.57 bits per heavy atom. The molecule has 1 aliphatic heterocycles. The van der Waals surface area contributed by atoms with E-state index in [2.05, 4.69) is 0 Å². The molecule has 0 amide bonds. The van der Waals surface area contributed by atoms with Gasteiger partial charge in [-0.3, -0.25) is 0 Å². The van der Waals surface area contributed by atoms with E-state index in [1.165, 1.54) is 3.97 Å². The Balaban J connectivity index is 1.92. The van der Waals surface area contributed by atoms with Crippen LogP contribution in [0.5, 0.6) is 5.75 Å². The SMILES string of the molecule is COc1ccc2c(c1)c(B1OC(C)(C)C(C)(C)O1)cn2S(=O)(=O)c1ccc(C)cc1. The molecular weight excluding hydrogens is 401 g/mol. The van der Waals surface area contributed by atoms with Gasteiger partial charge in [0.1, 0.15) is 5.75 Å². The lowest BCUT2D eigenvalue weighted by atomic mass is 9.79. The quantitative estimate of drug-likeness (QED) is 0.597. The first-order chi connectivity index (χ1) is 14.0. The molecule has 3 aromatic rings. The minimum absolute atomic E-state index is 0.223. The number of ether oxygens (including phenoxy) is 1. The molecule has 6 nitrogen and oxygen atoms in total. The summed E-state index contributed by atoms with van der Waals surface area (Å²) in [5.74, 6) is 0.630. The molecule has 8 heteroatoms. The predicted octanol–water partition coefficient (Wildman–Crippen LogP) is 3.49. The molecule has 0 radical (unpaired) electrons. The maximum absolute atomic E-state index is 13.4. The fraction of sp³-hybridized carbons (Fsp3) is 0.364. The van der Waals surface area contributed by atoms with Crippen LogP contribution in [0.2, 0.25) is 0 Å². The van der Waals surface area contributed by atoms with Crippen molar-refractivity contribution in [1.82, 2.24) is 3.97 Å². The second kappa shape index (κ2) is 6.87. The molecule has 1 aromatic heterocycles. The highest BCUT2D eigenvalue weighted by Gasteiger charge is 2.52. The van der Waals surface area contributed by atoms with E-state index in [9.17, 15) is 8.42 Å². The minimum Gasteiger partial charge on any atom is -0.497 e. The van der Waals surface area contributed by atoms with Crippen LogP contribution in [0.4, 0.5) is 0 Å². The van der Waals surface area contributed by atoms with Crippen molar-refractivity contribution in [2.24, 2.45) is 0 Å². The smallest absolute Gasteiger partial charge is 0.497 e. The van der Waals surface area contributed by atoms with E-state index in [1.54, 1.807) is 49.7 Å². The zero-order chi connectivity index (χ0) is 21.9. The predicted molar refractivity (Wildman–Crippen MR) is 118 cm³/mol. The fourth-order valence-corrected chi connectivity index (χ4v) is 4.89. The van der Waals surface area contributed by atoms with E-state index in [-0.39, 0.29) is 4.90 Å². The number of aryl methyl sites for hydroxylation is 1. The van der Waals surface area contributed by atoms with Crippen molar-refractivity contribution in [3.8, 4) is 5.75 Å². The van der Waals surface area contributed by atoms with Crippen LogP contribution in [0.1, 0.15) is 33.3 Å². The van der Waals surface area contributed by atoms with Gasteiger partial charge in [-0.25, -0.2) is 12.4 Å². The molecule has 158 valence electrons. The molecule has 0 atom stereocenters. The lowest BCUT2D eigenvalue weighted by Crippen LogP contribution is -2.41. The van der Waals surface area contributed by atoms with E-state index in [1.807, 2.05) is 40.7 Å². The molecule has 1 saturated heterocycles. The molecule has 0 aliphatic carbocycles. The van der Waals surface area contributed by atoms with Gasteiger partial charge in [-0.2, -0.15) is 0 Å². The van der Waals surface area contributed by atoms with Crippen LogP contribution in [-0.2, 0) is 19.3 Å². The van der Waals surface area contributed by atoms with Gasteiger partial charge < -0.3 is 14.0 Å². The van der Waals surface area contributed by atoms with E-state index in [0.717, 1.165) is 5.56 Å². The van der Waals surface area contributed by atoms with Gasteiger partial charge in [-0.1, -0.05) is 17.7 Å². The second-order valence-electron chi connectivity index (χ2n) is 8.67. The maximum atomic E-state index is 13.4. The highest BCUT2D eigenvalue weighted by molar-refractivity contribution is 7.90. The Morgan fingerprint density at radius 1 is 0.967 bits per heavy atom. The molecule has 0 bridgehead atoms. The number of hydrogen-bond donors (Lipinski definition) is 0. The molecule has 0 saturated carbocycles. The molecule has 2 aromatic carbocycles. The highest BCUT2D eigenvalue weighted by Crippen LogP contribution is 2.37. The van der Waals surface area contributed by atoms with Crippen molar-refractivity contribution in [3.63, 3.8) is 0 Å². The second-order valence-corrected chi connectivity index (χ2v) is 10.5. The normalized spacial score (nSPS) is 18.1. The zero-order valence-electron chi connectivity index (χ0n) is 18.1. The monoisotopic (exact) mass is 427 g/mol. The molecule has 0 spiro atoms. The summed E-state index contributed by atoms with van der Waals surface area (Å²) in [6.45, 7) is 9.79. The summed E-state index contributed by atoms with van der Waals surface area (Å²) < 4.78 is 46.0. The molecule has 1 fully saturated rings. The standard InChI is InChI=1S/C22H26BNO5S/c1-15-7-10-17(11-8-15)30(25,26)24-14-19(18-13-16(27-6)9-12-20(18)24)23-28-21(2,3)22(4,5)29-23/h7-14H,1-6H3. The molecule has 2 heterocycles. The van der Waals surface area contributed by atoms with Crippen LogP contribution in [0, 0.1) is 6.92 Å². The number of rotatable bonds is 4. The summed E-state index contributed by atoms with van der Waals surface area (Å²) in [5.41, 5.74) is 1.11. The van der Waals surface area contributed by atoms with Gasteiger partial charge in [-0.05, 0) is 65.0 Å². The molecule has 0 unspecified atom stereocenters. The van der Waals surface area contributed by atoms with Crippen LogP contribution in [0.25, 0.3) is 10.9 Å². The number of benzene rings is 2. The number of hydrogen-bond acceptors (Lipinski definition) is 5. The van der Waals surface area contributed by atoms with Crippen molar-refractivity contribution >= 4 is 33.5 Å². The third-order valence-electron chi connectivity index (χ3n) is 6.09. The summed E-state index contributed by atoms with van der Waals surface area (Å²) in [7, 11) is -2.92. The Bertz CT molecular complexity index is 1200. The van der Waals surface area contributed by atoms with E-state index in [4.69, 9.17) is 14.0 Å². The highest BCUT2D eigenvalue weighted by atomic mass is 32.2. The number of nitrogens with zero attached hydrogens (tertiary/aromatic N) is 1. The molecule has 0 N–H and O–H groups in total. The first-order valence-corrected chi connectivity index (χ1v) is 11.3. The van der Waals surface area contributed by atoms with Crippen molar-refractivity contribution in [3.05, 3.63) is 54.2 Å². The Hall–Kier alpha value is -2.29. The van der Waals surface area contributed by atoms with Crippen molar-refractivity contribution in [2.75, 3.05) is 7.11 Å². The number of methoxy groups -OCH3 is 1. The molecular formula is C22H26BNO5S. The number of aromatic nitrogens is 1. The van der Waals surface area contributed by atoms with Gasteiger partial charge >= 0.3 is 7.12 Å². The Morgan fingerprint density at radius 3 is 2.13 bits per heavy atom. The lowest BCUT2D eigenvalue weighted by molar-refractivity contribution is 0.00578. The van der Waals surface area contributed by atoms with Crippen molar-refractivity contribution in [1.29, 1.82) is 0 Å². The fourth-order valence-electron chi connectivity index (χ4n) is 3.51. The van der Waals surface area contributed by atoms with Crippen LogP contribution >= 0.6 is 0 Å². The minimum atomic E-state index is -3.80. The van der Waals surface area contributed by atoms with E-state index in [0.29, 0.717) is 22.1 Å². The Kier molecular flexibility index (Phi) is 4.80. The molecule has 1 aliphatic rings. The maximum Gasteiger partial charge on any atom is 0.497 e. The topological polar surface area (TPSA) is 66.8 Å². The van der Waals surface area contributed by atoms with Gasteiger partial charge in [0, 0.05) is 17.0 Å². The van der Waals surface area contributed by atoms with Gasteiger partial charge in [0.25, 0.3) is 10.0 Å². The lowest BCUT2D eigenvalue weighted by Gasteiger charge is -2.32. The van der Waals surface area contributed by atoms with Crippen LogP contribution < -0.4 is 10.2 Å². The van der Waals surface area contributed by atoms with Gasteiger partial charge in [0.15, 0.2) is 0 Å². The summed E-state index contributed by atoms with van der Waals surface area (Å²) in [4.78, 5) is 0.223. The summed E-state index contributed by atoms with van der Waals surface area (Å²) >= 11 is 0. The average Bonchev–Trinajstić information content (AvgIpc) is 3.16. The molecule has 4 rings (SSSR count). The first-order valence-electron chi connectivity index (χ1n) is 9.83. The zero-order valence-corrected chi connectivity index (χ0v) is 18.9. The van der Waals surface area contributed by atoms with Gasteiger partial charge in [0.05, 0.1) is 28.7 Å². The van der Waals surface area contributed by atoms with Crippen molar-refractivity contribution in [2.45, 2.75) is 50.7 Å². The summed E-state index contributed by atoms with van der Waals surface area (Å²) in [6, 6.07) is 12.1. The van der Waals surface area contributed by atoms with E-state index < -0.39 is 28.3 Å². The van der Waals surface area contributed by atoms with Crippen molar-refractivity contribution < 1.29 is 22.5 Å². The third kappa shape index (κ3) is 3.23. The van der Waals surface area contributed by atoms with Crippen LogP contribution in [0.3, 0.4) is 0 Å². The number of fused-ring (bicyclic) bond motifs is 1. The Labute approximate surface area is 177 Å². The summed E-state index contributed by atoms with van der Waals surface area (Å²) in [5, 5.41) is 0.712. The van der Waals surface area contributed by atoms with E-state index >= 15 is 0 Å². The van der Waals surface area contributed by atoms with Gasteiger partial charge in [0.2, 0.25) is 0 Å². The molecule has 30 heavy (non-hydrogen) atoms.